The highest BCUT2D eigenvalue weighted by molar-refractivity contribution is 5.82. The number of carbonyl (C=O) groups is 5. The molecule has 1 unspecified atom stereocenters. The molecule has 1 amide bonds. The van der Waals surface area contributed by atoms with E-state index in [-0.39, 0.29) is 58.0 Å². The summed E-state index contributed by atoms with van der Waals surface area (Å²) in [6.45, 7) is 8.70. The van der Waals surface area contributed by atoms with E-state index in [4.69, 9.17) is 18.9 Å². The standard InChI is InChI=1S/C58H106N2O9/c1-5-8-11-14-17-20-23-26-29-32-35-38-54(62)66-48-58(49-67-55(63)39-36-33-30-27-24-21-18-15-12-9-6-2,50-68-56(64)40-37-34-31-28-25-22-19-16-13-10-7-3)59-53(61)41-42-57(65)69-52-47-60(4)45-43-51(52)44-46-60/h51-52H,5-50H2,1-4H3/p+1. The van der Waals surface area contributed by atoms with Gasteiger partial charge in [-0.1, -0.05) is 213 Å². The Bertz CT molecular complexity index is 1230. The van der Waals surface area contributed by atoms with Crippen LogP contribution in [0.1, 0.15) is 278 Å². The van der Waals surface area contributed by atoms with Crippen molar-refractivity contribution in [2.45, 2.75) is 289 Å². The molecular formula is C58H107N2O9+. The Kier molecular flexibility index (Phi) is 37.0. The van der Waals surface area contributed by atoms with Crippen LogP contribution in [0, 0.1) is 5.92 Å². The number of carbonyl (C=O) groups excluding carboxylic acids is 5. The predicted octanol–water partition coefficient (Wildman–Crippen LogP) is 14.1. The van der Waals surface area contributed by atoms with Crippen LogP contribution in [-0.2, 0) is 42.9 Å². The fraction of sp³-hybridized carbons (Fsp3) is 0.914. The largest absolute Gasteiger partial charge is 0.463 e. The normalized spacial score (nSPS) is 17.7. The predicted molar refractivity (Wildman–Crippen MR) is 280 cm³/mol. The van der Waals surface area contributed by atoms with Gasteiger partial charge in [0.1, 0.15) is 31.9 Å². The third-order valence-electron chi connectivity index (χ3n) is 15.0. The molecule has 1 N–H and O–H groups in total. The second kappa shape index (κ2) is 40.9. The number of nitrogens with zero attached hydrogens (tertiary/aromatic N) is 1. The summed E-state index contributed by atoms with van der Waals surface area (Å²) in [4.78, 5) is 66.6. The molecule has 0 saturated carbocycles. The Hall–Kier alpha value is -2.69. The van der Waals surface area contributed by atoms with Gasteiger partial charge >= 0.3 is 23.9 Å². The summed E-state index contributed by atoms with van der Waals surface area (Å²) >= 11 is 0. The van der Waals surface area contributed by atoms with Crippen LogP contribution in [0.2, 0.25) is 0 Å². The van der Waals surface area contributed by atoms with E-state index >= 15 is 0 Å². The van der Waals surface area contributed by atoms with Gasteiger partial charge in [0.05, 0.1) is 26.6 Å². The maximum Gasteiger partial charge on any atom is 0.306 e. The van der Waals surface area contributed by atoms with Gasteiger partial charge in [0.25, 0.3) is 0 Å². The van der Waals surface area contributed by atoms with E-state index < -0.39 is 35.3 Å². The number of fused-ring (bicyclic) bond motifs is 3. The minimum atomic E-state index is -1.53. The number of quaternary nitrogens is 1. The molecule has 0 aliphatic carbocycles. The van der Waals surface area contributed by atoms with E-state index in [2.05, 4.69) is 33.1 Å². The molecule has 0 spiro atoms. The Morgan fingerprint density at radius 1 is 0.420 bits per heavy atom. The number of esters is 4. The van der Waals surface area contributed by atoms with Crippen molar-refractivity contribution in [1.82, 2.24) is 5.32 Å². The van der Waals surface area contributed by atoms with Gasteiger partial charge in [0.2, 0.25) is 5.91 Å². The van der Waals surface area contributed by atoms with Crippen molar-refractivity contribution in [3.05, 3.63) is 0 Å². The molecule has 402 valence electrons. The van der Waals surface area contributed by atoms with E-state index in [1.165, 1.54) is 135 Å². The lowest BCUT2D eigenvalue weighted by Gasteiger charge is -2.49. The SMILES string of the molecule is CCCCCCCCCCCCCC(=O)OCC(COC(=O)CCCCCCCCCCCCC)(COC(=O)CCCCCCCCCCCCC)NC(=O)CCC(=O)OC1C[N+]2(C)CCC1CC2. The summed E-state index contributed by atoms with van der Waals surface area (Å²) in [5, 5.41) is 2.94. The summed E-state index contributed by atoms with van der Waals surface area (Å²) in [7, 11) is 2.21. The smallest absolute Gasteiger partial charge is 0.306 e. The number of hydrogen-bond acceptors (Lipinski definition) is 9. The van der Waals surface area contributed by atoms with Crippen molar-refractivity contribution in [2.24, 2.45) is 5.92 Å². The van der Waals surface area contributed by atoms with Crippen LogP contribution >= 0.6 is 0 Å². The molecule has 3 aliphatic rings. The topological polar surface area (TPSA) is 134 Å². The Balaban J connectivity index is 2.02. The maximum absolute atomic E-state index is 13.8. The van der Waals surface area contributed by atoms with Crippen LogP contribution in [0.25, 0.3) is 0 Å². The number of hydrogen-bond donors (Lipinski definition) is 1. The molecule has 3 fully saturated rings. The zero-order valence-corrected chi connectivity index (χ0v) is 45.3. The molecule has 0 aromatic carbocycles. The number of nitrogens with one attached hydrogen (secondary N) is 1. The first-order valence-electron chi connectivity index (χ1n) is 29.3. The molecule has 11 heteroatoms. The molecule has 0 radical (unpaired) electrons. The van der Waals surface area contributed by atoms with Gasteiger partial charge in [-0.05, 0) is 19.3 Å². The second-order valence-electron chi connectivity index (χ2n) is 21.8. The van der Waals surface area contributed by atoms with E-state index in [1.54, 1.807) is 0 Å². The van der Waals surface area contributed by atoms with Gasteiger partial charge in [-0.3, -0.25) is 24.0 Å². The number of amides is 1. The van der Waals surface area contributed by atoms with Gasteiger partial charge in [0.15, 0.2) is 6.10 Å². The Labute approximate surface area is 422 Å². The van der Waals surface area contributed by atoms with Crippen molar-refractivity contribution >= 4 is 29.8 Å². The number of rotatable bonds is 47. The van der Waals surface area contributed by atoms with Crippen LogP contribution in [0.4, 0.5) is 0 Å². The van der Waals surface area contributed by atoms with E-state index in [0.29, 0.717) is 25.2 Å². The van der Waals surface area contributed by atoms with Gasteiger partial charge < -0.3 is 28.7 Å². The number of likely N-dealkylation sites (N-methyl/N-ethyl adjacent to an activating group) is 1. The molecule has 2 bridgehead atoms. The Morgan fingerprint density at radius 2 is 0.725 bits per heavy atom. The first-order chi connectivity index (χ1) is 33.5. The van der Waals surface area contributed by atoms with Crippen molar-refractivity contribution in [3.63, 3.8) is 0 Å². The van der Waals surface area contributed by atoms with Gasteiger partial charge in [-0.15, -0.1) is 0 Å². The molecule has 3 heterocycles. The molecule has 3 saturated heterocycles. The van der Waals surface area contributed by atoms with Crippen LogP contribution in [0.15, 0.2) is 0 Å². The average molecular weight is 976 g/mol. The lowest BCUT2D eigenvalue weighted by Crippen LogP contribution is -2.62. The van der Waals surface area contributed by atoms with Crippen LogP contribution in [-0.4, -0.2) is 92.4 Å². The van der Waals surface area contributed by atoms with E-state index in [0.717, 1.165) is 94.7 Å². The summed E-state index contributed by atoms with van der Waals surface area (Å²) in [5.41, 5.74) is -1.53. The quantitative estimate of drug-likeness (QED) is 0.0274. The first kappa shape index (κ1) is 62.4. The van der Waals surface area contributed by atoms with Crippen LogP contribution in [0.3, 0.4) is 0 Å². The van der Waals surface area contributed by atoms with E-state index in [9.17, 15) is 24.0 Å². The molecule has 69 heavy (non-hydrogen) atoms. The fourth-order valence-corrected chi connectivity index (χ4v) is 10.2. The first-order valence-corrected chi connectivity index (χ1v) is 29.3. The van der Waals surface area contributed by atoms with Crippen molar-refractivity contribution in [3.8, 4) is 0 Å². The molecule has 3 aliphatic heterocycles. The molecule has 0 aromatic heterocycles. The van der Waals surface area contributed by atoms with Gasteiger partial charge in [-0.25, -0.2) is 0 Å². The lowest BCUT2D eigenvalue weighted by atomic mass is 9.84. The summed E-state index contributed by atoms with van der Waals surface area (Å²) in [6.07, 6.45) is 40.7. The highest BCUT2D eigenvalue weighted by Gasteiger charge is 2.45. The minimum Gasteiger partial charge on any atom is -0.463 e. The minimum absolute atomic E-state index is 0.120. The highest BCUT2D eigenvalue weighted by atomic mass is 16.6. The highest BCUT2D eigenvalue weighted by Crippen LogP contribution is 2.34. The van der Waals surface area contributed by atoms with Crippen LogP contribution in [0.5, 0.6) is 0 Å². The number of ether oxygens (including phenoxy) is 4. The van der Waals surface area contributed by atoms with Crippen molar-refractivity contribution in [2.75, 3.05) is 46.5 Å². The number of unbranched alkanes of at least 4 members (excludes halogenated alkanes) is 30. The molecule has 1 atom stereocenters. The fourth-order valence-electron chi connectivity index (χ4n) is 10.2. The molecule has 3 rings (SSSR count). The summed E-state index contributed by atoms with van der Waals surface area (Å²) in [6, 6.07) is 0. The van der Waals surface area contributed by atoms with Gasteiger partial charge in [-0.2, -0.15) is 0 Å². The zero-order chi connectivity index (χ0) is 50.1. The van der Waals surface area contributed by atoms with Crippen LogP contribution < -0.4 is 5.32 Å². The van der Waals surface area contributed by atoms with E-state index in [1.807, 2.05) is 0 Å². The summed E-state index contributed by atoms with van der Waals surface area (Å²) in [5.74, 6) is -1.81. The average Bonchev–Trinajstić information content (AvgIpc) is 3.34. The zero-order valence-electron chi connectivity index (χ0n) is 45.3. The third-order valence-corrected chi connectivity index (χ3v) is 15.0. The number of piperidine rings is 3. The monoisotopic (exact) mass is 976 g/mol. The second-order valence-corrected chi connectivity index (χ2v) is 21.8. The third kappa shape index (κ3) is 32.8. The lowest BCUT2D eigenvalue weighted by molar-refractivity contribution is -0.928. The summed E-state index contributed by atoms with van der Waals surface area (Å²) < 4.78 is 24.4. The van der Waals surface area contributed by atoms with Crippen molar-refractivity contribution < 1.29 is 47.4 Å². The Morgan fingerprint density at radius 3 is 1.03 bits per heavy atom. The molecular weight excluding hydrogens is 869 g/mol. The van der Waals surface area contributed by atoms with Gasteiger partial charge in [0, 0.05) is 44.4 Å². The molecule has 0 aromatic rings. The van der Waals surface area contributed by atoms with Crippen molar-refractivity contribution in [1.29, 1.82) is 0 Å². The molecule has 11 nitrogen and oxygen atoms in total. The maximum atomic E-state index is 13.8.